The maximum atomic E-state index is 14.6. The number of rotatable bonds is 4. The van der Waals surface area contributed by atoms with Gasteiger partial charge in [-0.3, -0.25) is 24.0 Å². The molecule has 0 saturated heterocycles. The predicted molar refractivity (Wildman–Crippen MR) is 137 cm³/mol. The van der Waals surface area contributed by atoms with Crippen LogP contribution in [0, 0.1) is 0 Å². The summed E-state index contributed by atoms with van der Waals surface area (Å²) in [6.07, 6.45) is -2.03. The van der Waals surface area contributed by atoms with Crippen molar-refractivity contribution in [3.8, 4) is 22.8 Å². The molecule has 2 unspecified atom stereocenters. The third-order valence-corrected chi connectivity index (χ3v) is 7.61. The zero-order chi connectivity index (χ0) is 29.2. The molecular weight excluding hydrogens is 536 g/mol. The van der Waals surface area contributed by atoms with Crippen LogP contribution in [0.4, 0.5) is 0 Å². The van der Waals surface area contributed by atoms with E-state index >= 15 is 0 Å². The van der Waals surface area contributed by atoms with Crippen LogP contribution in [-0.2, 0) is 35.8 Å². The van der Waals surface area contributed by atoms with E-state index in [2.05, 4.69) is 0 Å². The second-order valence-electron chi connectivity index (χ2n) is 9.85. The van der Waals surface area contributed by atoms with E-state index in [0.29, 0.717) is 0 Å². The smallest absolute Gasteiger partial charge is 0.313 e. The maximum absolute atomic E-state index is 14.6. The van der Waals surface area contributed by atoms with Gasteiger partial charge in [-0.25, -0.2) is 0 Å². The Morgan fingerprint density at radius 1 is 0.927 bits per heavy atom. The Kier molecular flexibility index (Phi) is 5.93. The highest BCUT2D eigenvalue weighted by molar-refractivity contribution is 6.32. The van der Waals surface area contributed by atoms with E-state index in [-0.39, 0.29) is 69.7 Å². The van der Waals surface area contributed by atoms with E-state index in [1.807, 2.05) is 0 Å². The zero-order valence-electron chi connectivity index (χ0n) is 21.8. The highest BCUT2D eigenvalue weighted by atomic mass is 16.5. The second-order valence-corrected chi connectivity index (χ2v) is 9.85. The molecule has 6 rings (SSSR count). The van der Waals surface area contributed by atoms with Gasteiger partial charge in [-0.15, -0.1) is 0 Å². The van der Waals surface area contributed by atoms with E-state index in [0.717, 1.165) is 0 Å². The van der Waals surface area contributed by atoms with Crippen LogP contribution in [0.25, 0.3) is 11.3 Å². The largest absolute Gasteiger partial charge is 0.507 e. The number of aromatic hydroxyl groups is 2. The zero-order valence-corrected chi connectivity index (χ0v) is 21.8. The molecular formula is C30H22O11. The van der Waals surface area contributed by atoms with Gasteiger partial charge in [0.1, 0.15) is 29.4 Å². The number of methoxy groups -OCH3 is 2. The summed E-state index contributed by atoms with van der Waals surface area (Å²) >= 11 is 0. The molecule has 41 heavy (non-hydrogen) atoms. The Balaban J connectivity index is 1.69. The summed E-state index contributed by atoms with van der Waals surface area (Å²) in [5, 5.41) is 21.5. The van der Waals surface area contributed by atoms with Crippen molar-refractivity contribution in [3.05, 3.63) is 81.6 Å². The Bertz CT molecular complexity index is 1740. The number of ketones is 3. The fourth-order valence-corrected chi connectivity index (χ4v) is 5.87. The van der Waals surface area contributed by atoms with Gasteiger partial charge in [0.05, 0.1) is 43.4 Å². The summed E-state index contributed by atoms with van der Waals surface area (Å²) < 4.78 is 21.9. The molecule has 2 aliphatic carbocycles. The van der Waals surface area contributed by atoms with E-state index < -0.39 is 52.5 Å². The van der Waals surface area contributed by atoms with Crippen molar-refractivity contribution in [2.45, 2.75) is 31.0 Å². The molecule has 3 aromatic rings. The lowest BCUT2D eigenvalue weighted by Crippen LogP contribution is -2.52. The molecule has 0 amide bonds. The summed E-state index contributed by atoms with van der Waals surface area (Å²) in [6, 6.07) is 9.68. The van der Waals surface area contributed by atoms with E-state index in [1.165, 1.54) is 56.7 Å². The van der Waals surface area contributed by atoms with E-state index in [4.69, 9.17) is 18.6 Å². The third-order valence-electron chi connectivity index (χ3n) is 7.61. The topological polar surface area (TPSA) is 167 Å². The average molecular weight is 558 g/mol. The van der Waals surface area contributed by atoms with Crippen LogP contribution in [0.15, 0.2) is 58.0 Å². The molecule has 0 bridgehead atoms. The number of carbonyl (C=O) groups is 5. The van der Waals surface area contributed by atoms with Gasteiger partial charge in [0, 0.05) is 28.7 Å². The fourth-order valence-electron chi connectivity index (χ4n) is 5.87. The third kappa shape index (κ3) is 3.66. The first-order valence-corrected chi connectivity index (χ1v) is 12.6. The SMILES string of the molecule is COC(=O)Cc1cc2c(o1)-c1cccc(O)c1C(=O)C21OC(CC(=O)OC)CC2=C1C(=O)c1c(O)cccc1C2=O. The van der Waals surface area contributed by atoms with Crippen molar-refractivity contribution in [3.63, 3.8) is 0 Å². The van der Waals surface area contributed by atoms with Crippen molar-refractivity contribution in [2.24, 2.45) is 0 Å². The number of fused-ring (bicyclic) bond motifs is 6. The Hall–Kier alpha value is -5.03. The van der Waals surface area contributed by atoms with Crippen LogP contribution in [0.2, 0.25) is 0 Å². The van der Waals surface area contributed by atoms with Gasteiger partial charge in [0.15, 0.2) is 17.2 Å². The van der Waals surface area contributed by atoms with Crippen LogP contribution in [0.5, 0.6) is 11.5 Å². The van der Waals surface area contributed by atoms with Gasteiger partial charge in [-0.2, -0.15) is 0 Å². The number of benzene rings is 2. The highest BCUT2D eigenvalue weighted by Crippen LogP contribution is 2.56. The molecule has 0 saturated carbocycles. The first-order valence-electron chi connectivity index (χ1n) is 12.6. The van der Waals surface area contributed by atoms with Gasteiger partial charge in [0.2, 0.25) is 5.78 Å². The molecule has 1 aliphatic heterocycles. The number of esters is 2. The van der Waals surface area contributed by atoms with Crippen molar-refractivity contribution in [1.82, 2.24) is 0 Å². The average Bonchev–Trinajstić information content (AvgIpc) is 3.38. The number of Topliss-reactive ketones (excluding diaryl/α,β-unsaturated/α-hetero) is 3. The van der Waals surface area contributed by atoms with Gasteiger partial charge in [-0.1, -0.05) is 24.3 Å². The molecule has 1 spiro atoms. The minimum atomic E-state index is -2.38. The number of carbonyl (C=O) groups excluding carboxylic acids is 5. The standard InChI is InChI=1S/C30H22O11/c1-38-21(33)11-13-10-18-28(40-13)16-6-4-8-20(32)24(16)29(37)30(18)25-17(9-14(41-30)12-22(34)39-2)26(35)15-5-3-7-19(31)23(15)27(25)36/h3-8,10,14,31-32H,9,11-12H2,1-2H3. The molecule has 2 N–H and O–H groups in total. The summed E-state index contributed by atoms with van der Waals surface area (Å²) in [7, 11) is 2.37. The fraction of sp³-hybridized carbons (Fsp3) is 0.233. The van der Waals surface area contributed by atoms with Gasteiger partial charge < -0.3 is 28.8 Å². The molecule has 208 valence electrons. The lowest BCUT2D eigenvalue weighted by molar-refractivity contribution is -0.147. The Morgan fingerprint density at radius 3 is 2.27 bits per heavy atom. The number of phenols is 2. The van der Waals surface area contributed by atoms with Crippen LogP contribution in [0.3, 0.4) is 0 Å². The van der Waals surface area contributed by atoms with Crippen molar-refractivity contribution in [1.29, 1.82) is 0 Å². The molecule has 11 heteroatoms. The normalized spacial score (nSPS) is 20.7. The van der Waals surface area contributed by atoms with Gasteiger partial charge in [-0.05, 0) is 18.2 Å². The lowest BCUT2D eigenvalue weighted by atomic mass is 9.65. The minimum Gasteiger partial charge on any atom is -0.507 e. The van der Waals surface area contributed by atoms with E-state index in [1.54, 1.807) is 0 Å². The molecule has 0 fully saturated rings. The molecule has 2 atom stereocenters. The summed E-state index contributed by atoms with van der Waals surface area (Å²) in [4.78, 5) is 67.1. The van der Waals surface area contributed by atoms with Crippen LogP contribution < -0.4 is 0 Å². The lowest BCUT2D eigenvalue weighted by Gasteiger charge is -2.45. The predicted octanol–water partition coefficient (Wildman–Crippen LogP) is 3.19. The molecule has 11 nitrogen and oxygen atoms in total. The van der Waals surface area contributed by atoms with Crippen LogP contribution >= 0.6 is 0 Å². The van der Waals surface area contributed by atoms with Crippen molar-refractivity contribution >= 4 is 29.3 Å². The van der Waals surface area contributed by atoms with Crippen LogP contribution in [-0.4, -0.2) is 59.8 Å². The van der Waals surface area contributed by atoms with Gasteiger partial charge >= 0.3 is 11.9 Å². The summed E-state index contributed by atoms with van der Waals surface area (Å²) in [6.45, 7) is 0. The second kappa shape index (κ2) is 9.27. The monoisotopic (exact) mass is 558 g/mol. The summed E-state index contributed by atoms with van der Waals surface area (Å²) in [5.74, 6) is -4.52. The number of phenolic OH excluding ortho intramolecular Hbond substituents is 2. The quantitative estimate of drug-likeness (QED) is 0.451. The number of ether oxygens (including phenoxy) is 3. The highest BCUT2D eigenvalue weighted by Gasteiger charge is 2.61. The minimum absolute atomic E-state index is 0.00147. The van der Waals surface area contributed by atoms with Crippen molar-refractivity contribution in [2.75, 3.05) is 14.2 Å². The number of hydrogen-bond acceptors (Lipinski definition) is 11. The van der Waals surface area contributed by atoms with Crippen molar-refractivity contribution < 1.29 is 52.8 Å². The Morgan fingerprint density at radius 2 is 1.59 bits per heavy atom. The molecule has 2 aromatic carbocycles. The Labute approximate surface area is 231 Å². The molecule has 3 aliphatic rings. The maximum Gasteiger partial charge on any atom is 0.313 e. The molecule has 0 radical (unpaired) electrons. The first-order chi connectivity index (χ1) is 19.6. The summed E-state index contributed by atoms with van der Waals surface area (Å²) in [5.41, 5.74) is -3.25. The number of hydrogen-bond donors (Lipinski definition) is 2. The van der Waals surface area contributed by atoms with Gasteiger partial charge in [0.25, 0.3) is 0 Å². The molecule has 1 aromatic heterocycles. The van der Waals surface area contributed by atoms with E-state index in [9.17, 15) is 34.2 Å². The number of furan rings is 1. The van der Waals surface area contributed by atoms with Crippen LogP contribution in [0.1, 0.15) is 55.2 Å². The first kappa shape index (κ1) is 26.2. The molecule has 2 heterocycles.